The SMILES string of the molecule is CC(C)(C)CCCCCC(C(C)(C)C)C(C)(C)C. The van der Waals surface area contributed by atoms with Gasteiger partial charge in [-0.2, -0.15) is 0 Å². The molecule has 0 atom stereocenters. The summed E-state index contributed by atoms with van der Waals surface area (Å²) in [7, 11) is 0. The van der Waals surface area contributed by atoms with E-state index in [1.54, 1.807) is 0 Å². The highest BCUT2D eigenvalue weighted by molar-refractivity contribution is 4.83. The Balaban J connectivity index is 4.08. The molecule has 0 saturated carbocycles. The van der Waals surface area contributed by atoms with E-state index in [1.165, 1.54) is 32.1 Å². The molecular formula is C18H38. The fourth-order valence-electron chi connectivity index (χ4n) is 3.35. The van der Waals surface area contributed by atoms with Crippen LogP contribution in [0.4, 0.5) is 0 Å². The summed E-state index contributed by atoms with van der Waals surface area (Å²) >= 11 is 0. The Morgan fingerprint density at radius 2 is 1.06 bits per heavy atom. The summed E-state index contributed by atoms with van der Waals surface area (Å²) in [6, 6.07) is 0. The fraction of sp³-hybridized carbons (Fsp3) is 1.00. The molecule has 18 heavy (non-hydrogen) atoms. The van der Waals surface area contributed by atoms with Gasteiger partial charge in [-0.25, -0.2) is 0 Å². The quantitative estimate of drug-likeness (QED) is 0.479. The van der Waals surface area contributed by atoms with Crippen LogP contribution < -0.4 is 0 Å². The van der Waals surface area contributed by atoms with E-state index in [0.717, 1.165) is 5.92 Å². The Morgan fingerprint density at radius 3 is 1.39 bits per heavy atom. The molecule has 0 aromatic carbocycles. The topological polar surface area (TPSA) is 0 Å². The molecule has 0 bridgehead atoms. The Bertz CT molecular complexity index is 202. The first kappa shape index (κ1) is 18.0. The highest BCUT2D eigenvalue weighted by Crippen LogP contribution is 2.43. The molecule has 0 spiro atoms. The van der Waals surface area contributed by atoms with E-state index in [0.29, 0.717) is 16.2 Å². The first-order chi connectivity index (χ1) is 7.84. The van der Waals surface area contributed by atoms with Gasteiger partial charge in [0.15, 0.2) is 0 Å². The molecule has 0 fully saturated rings. The van der Waals surface area contributed by atoms with Gasteiger partial charge in [0.1, 0.15) is 0 Å². The van der Waals surface area contributed by atoms with Gasteiger partial charge in [-0.1, -0.05) is 81.6 Å². The number of hydrogen-bond donors (Lipinski definition) is 0. The monoisotopic (exact) mass is 254 g/mol. The van der Waals surface area contributed by atoms with Gasteiger partial charge in [0.25, 0.3) is 0 Å². The summed E-state index contributed by atoms with van der Waals surface area (Å²) < 4.78 is 0. The van der Waals surface area contributed by atoms with Gasteiger partial charge in [-0.3, -0.25) is 0 Å². The van der Waals surface area contributed by atoms with Crippen LogP contribution in [-0.4, -0.2) is 0 Å². The van der Waals surface area contributed by atoms with Crippen molar-refractivity contribution < 1.29 is 0 Å². The summed E-state index contributed by atoms with van der Waals surface area (Å²) in [5.41, 5.74) is 1.37. The van der Waals surface area contributed by atoms with Crippen molar-refractivity contribution in [1.82, 2.24) is 0 Å². The molecular weight excluding hydrogens is 216 g/mol. The van der Waals surface area contributed by atoms with E-state index in [9.17, 15) is 0 Å². The summed E-state index contributed by atoms with van der Waals surface area (Å²) in [6.45, 7) is 21.4. The van der Waals surface area contributed by atoms with E-state index in [2.05, 4.69) is 62.3 Å². The minimum absolute atomic E-state index is 0.433. The molecule has 0 aliphatic rings. The van der Waals surface area contributed by atoms with E-state index >= 15 is 0 Å². The maximum Gasteiger partial charge on any atom is -0.0317 e. The Labute approximate surface area is 117 Å². The zero-order valence-corrected chi connectivity index (χ0v) is 14.6. The smallest absolute Gasteiger partial charge is 0.0317 e. The molecule has 0 heteroatoms. The van der Waals surface area contributed by atoms with Gasteiger partial charge < -0.3 is 0 Å². The molecule has 0 unspecified atom stereocenters. The van der Waals surface area contributed by atoms with Gasteiger partial charge in [0, 0.05) is 0 Å². The standard InChI is InChI=1S/C18H38/c1-16(2,3)14-12-10-11-13-15(17(4,5)6)18(7,8)9/h15H,10-14H2,1-9H3. The highest BCUT2D eigenvalue weighted by atomic mass is 14.4. The van der Waals surface area contributed by atoms with Crippen molar-refractivity contribution >= 4 is 0 Å². The first-order valence-corrected chi connectivity index (χ1v) is 7.84. The van der Waals surface area contributed by atoms with Crippen molar-refractivity contribution in [2.75, 3.05) is 0 Å². The fourth-order valence-corrected chi connectivity index (χ4v) is 3.35. The molecule has 0 aromatic heterocycles. The second-order valence-electron chi connectivity index (χ2n) is 9.44. The summed E-state index contributed by atoms with van der Waals surface area (Å²) in [6.07, 6.45) is 6.94. The largest absolute Gasteiger partial charge is 0.0602 e. The van der Waals surface area contributed by atoms with Crippen LogP contribution >= 0.6 is 0 Å². The minimum Gasteiger partial charge on any atom is -0.0602 e. The molecule has 0 aliphatic carbocycles. The lowest BCUT2D eigenvalue weighted by molar-refractivity contribution is 0.0896. The second kappa shape index (κ2) is 6.44. The highest BCUT2D eigenvalue weighted by Gasteiger charge is 2.33. The van der Waals surface area contributed by atoms with Gasteiger partial charge in [-0.15, -0.1) is 0 Å². The van der Waals surface area contributed by atoms with Crippen molar-refractivity contribution in [1.29, 1.82) is 0 Å². The maximum atomic E-state index is 2.40. The van der Waals surface area contributed by atoms with Crippen molar-refractivity contribution in [3.05, 3.63) is 0 Å². The van der Waals surface area contributed by atoms with Crippen LogP contribution in [0.15, 0.2) is 0 Å². The molecule has 0 amide bonds. The Morgan fingerprint density at radius 1 is 0.611 bits per heavy atom. The average Bonchev–Trinajstić information content (AvgIpc) is 2.04. The molecule has 0 aromatic rings. The molecule has 0 saturated heterocycles. The first-order valence-electron chi connectivity index (χ1n) is 7.84. The van der Waals surface area contributed by atoms with Crippen molar-refractivity contribution in [2.24, 2.45) is 22.2 Å². The molecule has 0 aliphatic heterocycles. The Kier molecular flexibility index (Phi) is 6.44. The molecule has 0 rings (SSSR count). The lowest BCUT2D eigenvalue weighted by Crippen LogP contribution is -2.32. The number of rotatable bonds is 5. The second-order valence-corrected chi connectivity index (χ2v) is 9.44. The van der Waals surface area contributed by atoms with Crippen LogP contribution in [0.3, 0.4) is 0 Å². The van der Waals surface area contributed by atoms with Crippen molar-refractivity contribution in [3.63, 3.8) is 0 Å². The average molecular weight is 255 g/mol. The van der Waals surface area contributed by atoms with Crippen LogP contribution in [0, 0.1) is 22.2 Å². The van der Waals surface area contributed by atoms with Crippen LogP contribution in [0.5, 0.6) is 0 Å². The lowest BCUT2D eigenvalue weighted by atomic mass is 9.64. The summed E-state index contributed by atoms with van der Waals surface area (Å²) in [5, 5.41) is 0. The van der Waals surface area contributed by atoms with E-state index in [1.807, 2.05) is 0 Å². The van der Waals surface area contributed by atoms with E-state index < -0.39 is 0 Å². The van der Waals surface area contributed by atoms with Gasteiger partial charge in [0.05, 0.1) is 0 Å². The normalized spacial score (nSPS) is 14.3. The Hall–Kier alpha value is 0. The third-order valence-corrected chi connectivity index (χ3v) is 4.01. The maximum absolute atomic E-state index is 2.40. The number of unbranched alkanes of at least 4 members (excludes halogenated alkanes) is 2. The van der Waals surface area contributed by atoms with Crippen molar-refractivity contribution in [2.45, 2.75) is 94.4 Å². The zero-order chi connectivity index (χ0) is 14.6. The van der Waals surface area contributed by atoms with Crippen LogP contribution in [-0.2, 0) is 0 Å². The van der Waals surface area contributed by atoms with E-state index in [4.69, 9.17) is 0 Å². The third kappa shape index (κ3) is 8.16. The third-order valence-electron chi connectivity index (χ3n) is 4.01. The lowest BCUT2D eigenvalue weighted by Gasteiger charge is -2.41. The summed E-state index contributed by atoms with van der Waals surface area (Å²) in [4.78, 5) is 0. The van der Waals surface area contributed by atoms with Crippen molar-refractivity contribution in [3.8, 4) is 0 Å². The predicted octanol–water partition coefficient (Wildman–Crippen LogP) is 6.69. The molecule has 0 heterocycles. The van der Waals surface area contributed by atoms with Gasteiger partial charge >= 0.3 is 0 Å². The predicted molar refractivity (Wildman–Crippen MR) is 84.9 cm³/mol. The molecule has 110 valence electrons. The number of hydrogen-bond acceptors (Lipinski definition) is 0. The molecule has 0 N–H and O–H groups in total. The van der Waals surface area contributed by atoms with E-state index in [-0.39, 0.29) is 0 Å². The van der Waals surface area contributed by atoms with Gasteiger partial charge in [-0.05, 0) is 35.0 Å². The minimum atomic E-state index is 0.433. The molecule has 0 nitrogen and oxygen atoms in total. The summed E-state index contributed by atoms with van der Waals surface area (Å²) in [5.74, 6) is 0.819. The van der Waals surface area contributed by atoms with Crippen LogP contribution in [0.25, 0.3) is 0 Å². The van der Waals surface area contributed by atoms with Crippen LogP contribution in [0.1, 0.15) is 94.4 Å². The van der Waals surface area contributed by atoms with Crippen LogP contribution in [0.2, 0.25) is 0 Å². The molecule has 0 radical (unpaired) electrons. The van der Waals surface area contributed by atoms with Gasteiger partial charge in [0.2, 0.25) is 0 Å². The zero-order valence-electron chi connectivity index (χ0n) is 14.6.